The number of furan rings is 1. The Kier molecular flexibility index (Phi) is 7.12. The van der Waals surface area contributed by atoms with Gasteiger partial charge in [-0.05, 0) is 111 Å². The van der Waals surface area contributed by atoms with Crippen LogP contribution in [0.5, 0.6) is 0 Å². The summed E-state index contributed by atoms with van der Waals surface area (Å²) in [5, 5.41) is 4.58. The Morgan fingerprint density at radius 1 is 0.394 bits per heavy atom. The summed E-state index contributed by atoms with van der Waals surface area (Å²) in [6, 6.07) is 81.8. The fourth-order valence-electron chi connectivity index (χ4n) is 11.9. The number of nitrogens with zero attached hydrogens (tertiary/aromatic N) is 3. The summed E-state index contributed by atoms with van der Waals surface area (Å²) in [7, 11) is 0. The van der Waals surface area contributed by atoms with Gasteiger partial charge in [0.25, 0.3) is 0 Å². The minimum atomic E-state index is -0.428. The SMILES string of the molecule is c1ccc(-c2nc3ccccc3n2-c2cccc3oc4ccc(-c5ccc6c(c5)c5ccc7c(c5n6-c5ccccc5)-c5ccccc5C75c6ccccc6-c6ccccc65)cc4c23)cc1. The fraction of sp³-hybridized carbons (Fsp3) is 0.0161. The lowest BCUT2D eigenvalue weighted by atomic mass is 9.70. The first kappa shape index (κ1) is 35.7. The highest BCUT2D eigenvalue weighted by Crippen LogP contribution is 2.64. The van der Waals surface area contributed by atoms with Gasteiger partial charge < -0.3 is 8.98 Å². The zero-order valence-electron chi connectivity index (χ0n) is 35.6. The molecule has 0 saturated carbocycles. The van der Waals surface area contributed by atoms with E-state index in [1.54, 1.807) is 0 Å². The first-order valence-corrected chi connectivity index (χ1v) is 22.7. The van der Waals surface area contributed by atoms with Crippen LogP contribution in [0.25, 0.3) is 111 Å². The molecule has 0 N–H and O–H groups in total. The Bertz CT molecular complexity index is 4120. The van der Waals surface area contributed by atoms with Crippen molar-refractivity contribution in [2.45, 2.75) is 5.41 Å². The van der Waals surface area contributed by atoms with Gasteiger partial charge in [0, 0.05) is 33.0 Å². The maximum absolute atomic E-state index is 6.64. The molecular formula is C62H37N3O. The number of imidazole rings is 1. The van der Waals surface area contributed by atoms with Crippen molar-refractivity contribution in [3.8, 4) is 56.1 Å². The van der Waals surface area contributed by atoms with Gasteiger partial charge in [-0.1, -0.05) is 164 Å². The molecule has 4 nitrogen and oxygen atoms in total. The first-order chi connectivity index (χ1) is 32.8. The van der Waals surface area contributed by atoms with E-state index < -0.39 is 5.41 Å². The lowest BCUT2D eigenvalue weighted by Gasteiger charge is -2.30. The van der Waals surface area contributed by atoms with Crippen LogP contribution < -0.4 is 0 Å². The van der Waals surface area contributed by atoms with Crippen LogP contribution >= 0.6 is 0 Å². The Morgan fingerprint density at radius 2 is 1.03 bits per heavy atom. The Morgan fingerprint density at radius 3 is 1.80 bits per heavy atom. The topological polar surface area (TPSA) is 35.9 Å². The average Bonchev–Trinajstić information content (AvgIpc) is 4.18. The van der Waals surface area contributed by atoms with Crippen LogP contribution in [-0.2, 0) is 5.41 Å². The zero-order chi connectivity index (χ0) is 43.1. The molecule has 306 valence electrons. The van der Waals surface area contributed by atoms with Crippen molar-refractivity contribution >= 4 is 54.8 Å². The highest BCUT2D eigenvalue weighted by Gasteiger charge is 2.52. The maximum Gasteiger partial charge on any atom is 0.145 e. The summed E-state index contributed by atoms with van der Waals surface area (Å²) in [4.78, 5) is 5.18. The second-order valence-electron chi connectivity index (χ2n) is 17.8. The number of benzene rings is 10. The van der Waals surface area contributed by atoms with E-state index in [0.717, 1.165) is 66.9 Å². The van der Waals surface area contributed by atoms with Crippen LogP contribution in [-0.4, -0.2) is 14.1 Å². The van der Waals surface area contributed by atoms with Gasteiger partial charge >= 0.3 is 0 Å². The summed E-state index contributed by atoms with van der Waals surface area (Å²) in [5.41, 5.74) is 21.8. The van der Waals surface area contributed by atoms with Gasteiger partial charge in [0.1, 0.15) is 17.0 Å². The minimum absolute atomic E-state index is 0.428. The van der Waals surface area contributed by atoms with Crippen LogP contribution in [0.3, 0.4) is 0 Å². The molecule has 2 aliphatic carbocycles. The minimum Gasteiger partial charge on any atom is -0.456 e. The van der Waals surface area contributed by atoms with Crippen LogP contribution in [0.15, 0.2) is 229 Å². The molecule has 0 bridgehead atoms. The number of fused-ring (bicyclic) bond motifs is 18. The van der Waals surface area contributed by atoms with Crippen LogP contribution in [0.1, 0.15) is 22.3 Å². The quantitative estimate of drug-likeness (QED) is 0.177. The van der Waals surface area contributed by atoms with E-state index >= 15 is 0 Å². The molecule has 0 amide bonds. The predicted octanol–water partition coefficient (Wildman–Crippen LogP) is 15.7. The molecule has 4 heteroatoms. The molecule has 10 aromatic carbocycles. The van der Waals surface area contributed by atoms with E-state index in [4.69, 9.17) is 9.40 Å². The monoisotopic (exact) mass is 839 g/mol. The lowest BCUT2D eigenvalue weighted by molar-refractivity contribution is 0.669. The third kappa shape index (κ3) is 4.59. The van der Waals surface area contributed by atoms with Gasteiger partial charge in [0.15, 0.2) is 0 Å². The Labute approximate surface area is 379 Å². The first-order valence-electron chi connectivity index (χ1n) is 22.7. The van der Waals surface area contributed by atoms with Crippen molar-refractivity contribution in [3.63, 3.8) is 0 Å². The van der Waals surface area contributed by atoms with Crippen LogP contribution in [0, 0.1) is 0 Å². The molecule has 0 unspecified atom stereocenters. The maximum atomic E-state index is 6.64. The summed E-state index contributed by atoms with van der Waals surface area (Å²) in [5.74, 6) is 0.899. The summed E-state index contributed by atoms with van der Waals surface area (Å²) >= 11 is 0. The summed E-state index contributed by atoms with van der Waals surface area (Å²) < 4.78 is 11.4. The van der Waals surface area contributed by atoms with Gasteiger partial charge in [-0.15, -0.1) is 0 Å². The van der Waals surface area contributed by atoms with Crippen LogP contribution in [0.2, 0.25) is 0 Å². The van der Waals surface area contributed by atoms with Crippen molar-refractivity contribution in [1.82, 2.24) is 14.1 Å². The number of hydrogen-bond acceptors (Lipinski definition) is 2. The normalized spacial score (nSPS) is 13.3. The third-order valence-corrected chi connectivity index (χ3v) is 14.5. The molecule has 66 heavy (non-hydrogen) atoms. The Balaban J connectivity index is 0.978. The van der Waals surface area contributed by atoms with Crippen molar-refractivity contribution in [2.75, 3.05) is 0 Å². The lowest BCUT2D eigenvalue weighted by Crippen LogP contribution is -2.25. The molecule has 3 heterocycles. The smallest absolute Gasteiger partial charge is 0.145 e. The standard InChI is InChI=1S/C62H37N3O/c1-3-16-38(17-4-1)61-63-52-26-13-14-27-54(52)65(61)55-28-15-29-57-59(55)47-37-40(31-35-56(47)66-57)39-30-34-53-46(36-39)44-32-33-51-58(60(44)64(53)41-18-5-2-6-19-41)45-22-9-12-25-50(45)62(51)48-23-10-7-20-42(48)43-21-8-11-24-49(43)62/h1-37H. The molecular weight excluding hydrogens is 803 g/mol. The highest BCUT2D eigenvalue weighted by atomic mass is 16.3. The number of para-hydroxylation sites is 3. The van der Waals surface area contributed by atoms with Crippen molar-refractivity contribution in [1.29, 1.82) is 0 Å². The van der Waals surface area contributed by atoms with E-state index in [9.17, 15) is 0 Å². The molecule has 13 aromatic rings. The molecule has 0 fully saturated rings. The molecule has 0 aliphatic heterocycles. The summed E-state index contributed by atoms with van der Waals surface area (Å²) in [6.45, 7) is 0. The van der Waals surface area contributed by atoms with E-state index in [1.165, 1.54) is 66.3 Å². The zero-order valence-corrected chi connectivity index (χ0v) is 35.6. The average molecular weight is 840 g/mol. The van der Waals surface area contributed by atoms with Crippen molar-refractivity contribution in [3.05, 3.63) is 247 Å². The molecule has 15 rings (SSSR count). The number of aromatic nitrogens is 3. The molecule has 0 atom stereocenters. The molecule has 1 spiro atoms. The van der Waals surface area contributed by atoms with Gasteiger partial charge in [0.05, 0.1) is 38.6 Å². The number of hydrogen-bond donors (Lipinski definition) is 0. The number of rotatable bonds is 4. The van der Waals surface area contributed by atoms with E-state index in [1.807, 2.05) is 0 Å². The second kappa shape index (κ2) is 13.2. The largest absolute Gasteiger partial charge is 0.456 e. The van der Waals surface area contributed by atoms with Gasteiger partial charge in [0.2, 0.25) is 0 Å². The molecule has 3 aromatic heterocycles. The van der Waals surface area contributed by atoms with E-state index in [-0.39, 0.29) is 0 Å². The summed E-state index contributed by atoms with van der Waals surface area (Å²) in [6.07, 6.45) is 0. The molecule has 2 aliphatic rings. The van der Waals surface area contributed by atoms with Crippen molar-refractivity contribution < 1.29 is 4.42 Å². The Hall–Kier alpha value is -8.73. The second-order valence-corrected chi connectivity index (χ2v) is 17.8. The third-order valence-electron chi connectivity index (χ3n) is 14.5. The van der Waals surface area contributed by atoms with Gasteiger partial charge in [-0.2, -0.15) is 0 Å². The van der Waals surface area contributed by atoms with Gasteiger partial charge in [-0.25, -0.2) is 4.98 Å². The van der Waals surface area contributed by atoms with E-state index in [2.05, 4.69) is 234 Å². The molecule has 0 radical (unpaired) electrons. The fourth-order valence-corrected chi connectivity index (χ4v) is 11.9. The van der Waals surface area contributed by atoms with Crippen LogP contribution in [0.4, 0.5) is 0 Å². The van der Waals surface area contributed by atoms with Gasteiger partial charge in [-0.3, -0.25) is 4.57 Å². The highest BCUT2D eigenvalue weighted by molar-refractivity contribution is 6.18. The van der Waals surface area contributed by atoms with E-state index in [0.29, 0.717) is 0 Å². The predicted molar refractivity (Wildman–Crippen MR) is 270 cm³/mol. The molecule has 0 saturated heterocycles. The van der Waals surface area contributed by atoms with Crippen molar-refractivity contribution in [2.24, 2.45) is 0 Å².